The third kappa shape index (κ3) is 5.74. The molecule has 17 heavy (non-hydrogen) atoms. The zero-order valence-electron chi connectivity index (χ0n) is 9.52. The van der Waals surface area contributed by atoms with Crippen LogP contribution in [-0.4, -0.2) is 31.8 Å². The van der Waals surface area contributed by atoms with Crippen molar-refractivity contribution in [3.05, 3.63) is 29.8 Å². The first-order valence-electron chi connectivity index (χ1n) is 5.61. The molecular formula is C12H19LiO3S. The zero-order valence-corrected chi connectivity index (χ0v) is 10.3. The molecule has 1 aromatic carbocycles. The van der Waals surface area contributed by atoms with Gasteiger partial charge >= 0.3 is 18.9 Å². The van der Waals surface area contributed by atoms with Crippen LogP contribution in [0.15, 0.2) is 29.2 Å². The van der Waals surface area contributed by atoms with Gasteiger partial charge in [0.05, 0.1) is 4.90 Å². The zero-order chi connectivity index (χ0) is 12.0. The van der Waals surface area contributed by atoms with Crippen LogP contribution in [0.2, 0.25) is 0 Å². The van der Waals surface area contributed by atoms with Gasteiger partial charge in [-0.3, -0.25) is 4.55 Å². The van der Waals surface area contributed by atoms with E-state index in [0.29, 0.717) is 12.0 Å². The van der Waals surface area contributed by atoms with Crippen LogP contribution in [0.1, 0.15) is 38.2 Å². The standard InChI is InChI=1S/C12H18O3S.Li.H/c1-2-3-4-5-8-11-9-6-7-10-12(11)16(13,14)15;;/h6-7,9-10H,2-5,8H2,1H3,(H,13,14,15);;. The van der Waals surface area contributed by atoms with Gasteiger partial charge in [-0.25, -0.2) is 0 Å². The quantitative estimate of drug-likeness (QED) is 0.479. The van der Waals surface area contributed by atoms with Crippen molar-refractivity contribution in [2.75, 3.05) is 0 Å². The van der Waals surface area contributed by atoms with Crippen molar-refractivity contribution in [2.24, 2.45) is 0 Å². The van der Waals surface area contributed by atoms with Gasteiger partial charge in [0.2, 0.25) is 0 Å². The number of unbranched alkanes of at least 4 members (excludes halogenated alkanes) is 3. The van der Waals surface area contributed by atoms with Gasteiger partial charge < -0.3 is 0 Å². The molecule has 1 N–H and O–H groups in total. The van der Waals surface area contributed by atoms with Crippen molar-refractivity contribution in [3.63, 3.8) is 0 Å². The van der Waals surface area contributed by atoms with Gasteiger partial charge in [-0.1, -0.05) is 44.4 Å². The van der Waals surface area contributed by atoms with E-state index < -0.39 is 10.1 Å². The van der Waals surface area contributed by atoms with Gasteiger partial charge in [0.25, 0.3) is 10.1 Å². The number of aryl methyl sites for hydroxylation is 1. The van der Waals surface area contributed by atoms with Crippen molar-refractivity contribution in [3.8, 4) is 0 Å². The van der Waals surface area contributed by atoms with Crippen LogP contribution in [0.3, 0.4) is 0 Å². The van der Waals surface area contributed by atoms with Crippen LogP contribution in [0.25, 0.3) is 0 Å². The molecule has 0 aliphatic carbocycles. The van der Waals surface area contributed by atoms with E-state index >= 15 is 0 Å². The summed E-state index contributed by atoms with van der Waals surface area (Å²) < 4.78 is 31.2. The number of benzene rings is 1. The Morgan fingerprint density at radius 3 is 2.35 bits per heavy atom. The summed E-state index contributed by atoms with van der Waals surface area (Å²) in [6, 6.07) is 6.63. The predicted octanol–water partition coefficient (Wildman–Crippen LogP) is 2.41. The van der Waals surface area contributed by atoms with Crippen LogP contribution in [0.5, 0.6) is 0 Å². The van der Waals surface area contributed by atoms with Crippen molar-refractivity contribution in [2.45, 2.75) is 43.9 Å². The monoisotopic (exact) mass is 250 g/mol. The summed E-state index contributed by atoms with van der Waals surface area (Å²) in [5.74, 6) is 0. The summed E-state index contributed by atoms with van der Waals surface area (Å²) in [7, 11) is -4.08. The molecule has 0 bridgehead atoms. The maximum absolute atomic E-state index is 11.1. The predicted molar refractivity (Wildman–Crippen MR) is 71.3 cm³/mol. The molecule has 0 fully saturated rings. The van der Waals surface area contributed by atoms with Gasteiger partial charge in [0.1, 0.15) is 0 Å². The van der Waals surface area contributed by atoms with Gasteiger partial charge in [-0.2, -0.15) is 8.42 Å². The van der Waals surface area contributed by atoms with E-state index in [1.165, 1.54) is 6.07 Å². The number of hydrogen-bond donors (Lipinski definition) is 1. The summed E-state index contributed by atoms with van der Waals surface area (Å²) in [6.45, 7) is 2.13. The van der Waals surface area contributed by atoms with Gasteiger partial charge in [-0.05, 0) is 24.5 Å². The second kappa shape index (κ2) is 7.94. The van der Waals surface area contributed by atoms with E-state index in [9.17, 15) is 8.42 Å². The molecule has 0 heterocycles. The van der Waals surface area contributed by atoms with E-state index in [1.54, 1.807) is 18.2 Å². The Morgan fingerprint density at radius 2 is 1.76 bits per heavy atom. The van der Waals surface area contributed by atoms with E-state index in [4.69, 9.17) is 4.55 Å². The molecule has 1 aromatic rings. The van der Waals surface area contributed by atoms with Gasteiger partial charge in [-0.15, -0.1) is 0 Å². The number of rotatable bonds is 6. The summed E-state index contributed by atoms with van der Waals surface area (Å²) in [6.07, 6.45) is 5.07. The maximum atomic E-state index is 11.1. The Labute approximate surface area is 116 Å². The number of hydrogen-bond acceptors (Lipinski definition) is 2. The van der Waals surface area contributed by atoms with Gasteiger partial charge in [0.15, 0.2) is 0 Å². The Bertz CT molecular complexity index is 429. The normalized spacial score (nSPS) is 10.9. The summed E-state index contributed by atoms with van der Waals surface area (Å²) in [5.41, 5.74) is 0.709. The molecular weight excluding hydrogens is 231 g/mol. The first-order valence-corrected chi connectivity index (χ1v) is 7.05. The fourth-order valence-electron chi connectivity index (χ4n) is 1.70. The average Bonchev–Trinajstić information content (AvgIpc) is 2.24. The molecule has 0 radical (unpaired) electrons. The molecule has 0 atom stereocenters. The van der Waals surface area contributed by atoms with E-state index in [1.807, 2.05) is 0 Å². The van der Waals surface area contributed by atoms with E-state index in [0.717, 1.165) is 25.7 Å². The SMILES string of the molecule is CCCCCCc1ccccc1S(=O)(=O)O.[LiH]. The molecule has 0 amide bonds. The van der Waals surface area contributed by atoms with Crippen molar-refractivity contribution < 1.29 is 13.0 Å². The van der Waals surface area contributed by atoms with Crippen molar-refractivity contribution in [1.82, 2.24) is 0 Å². The van der Waals surface area contributed by atoms with Crippen molar-refractivity contribution in [1.29, 1.82) is 0 Å². The van der Waals surface area contributed by atoms with Crippen LogP contribution < -0.4 is 0 Å². The van der Waals surface area contributed by atoms with Crippen LogP contribution in [-0.2, 0) is 16.5 Å². The molecule has 0 saturated carbocycles. The minimum absolute atomic E-state index is 0. The van der Waals surface area contributed by atoms with Crippen molar-refractivity contribution >= 4 is 29.0 Å². The fraction of sp³-hybridized carbons (Fsp3) is 0.500. The molecule has 3 nitrogen and oxygen atoms in total. The average molecular weight is 250 g/mol. The first kappa shape index (κ1) is 16.7. The molecule has 92 valence electrons. The first-order chi connectivity index (χ1) is 7.55. The topological polar surface area (TPSA) is 54.4 Å². The molecule has 5 heteroatoms. The molecule has 1 rings (SSSR count). The summed E-state index contributed by atoms with van der Waals surface area (Å²) in [4.78, 5) is 0.0477. The Morgan fingerprint density at radius 1 is 1.12 bits per heavy atom. The van der Waals surface area contributed by atoms with Gasteiger partial charge in [0, 0.05) is 0 Å². The second-order valence-corrected chi connectivity index (χ2v) is 5.28. The minimum atomic E-state index is -4.08. The van der Waals surface area contributed by atoms with E-state index in [-0.39, 0.29) is 23.8 Å². The Hall–Kier alpha value is -0.273. The van der Waals surface area contributed by atoms with Crippen LogP contribution in [0.4, 0.5) is 0 Å². The summed E-state index contributed by atoms with van der Waals surface area (Å²) in [5, 5.41) is 0. The van der Waals surface area contributed by atoms with E-state index in [2.05, 4.69) is 6.92 Å². The molecule has 0 aliphatic rings. The second-order valence-electron chi connectivity index (χ2n) is 3.89. The molecule has 0 aliphatic heterocycles. The Balaban J connectivity index is 0.00000256. The third-order valence-corrected chi connectivity index (χ3v) is 3.50. The summed E-state index contributed by atoms with van der Waals surface area (Å²) >= 11 is 0. The van der Waals surface area contributed by atoms with Crippen LogP contribution >= 0.6 is 0 Å². The Kier molecular flexibility index (Phi) is 7.81. The fourth-order valence-corrected chi connectivity index (χ4v) is 2.46. The molecule has 0 unspecified atom stereocenters. The molecule has 0 spiro atoms. The van der Waals surface area contributed by atoms with Crippen LogP contribution in [0, 0.1) is 0 Å². The molecule has 0 aromatic heterocycles. The third-order valence-electron chi connectivity index (χ3n) is 2.55. The molecule has 0 saturated heterocycles.